The fraction of sp³-hybridized carbons (Fsp3) is 0.316. The molecular formula is C38H43N11O8. The topological polar surface area (TPSA) is 254 Å². The minimum atomic E-state index is -0.711. The highest BCUT2D eigenvalue weighted by Crippen LogP contribution is 2.35. The maximum absolute atomic E-state index is 13.6. The first-order valence-electron chi connectivity index (χ1n) is 18.1. The number of aromatic nitrogens is 7. The number of hydrogen-bond acceptors (Lipinski definition) is 12. The zero-order chi connectivity index (χ0) is 41.0. The number of hydrogen-bond donors (Lipinski definition) is 4. The van der Waals surface area contributed by atoms with Gasteiger partial charge in [-0.25, -0.2) is 24.5 Å². The van der Waals surface area contributed by atoms with Crippen LogP contribution >= 0.6 is 0 Å². The molecule has 0 saturated carbocycles. The number of rotatable bonds is 18. The number of imidazole rings is 2. The fourth-order valence-electron chi connectivity index (χ4n) is 6.44. The smallest absolute Gasteiger partial charge is 0.295 e. The van der Waals surface area contributed by atoms with Crippen LogP contribution in [0.2, 0.25) is 0 Å². The highest BCUT2D eigenvalue weighted by atomic mass is 16.5. The van der Waals surface area contributed by atoms with Gasteiger partial charge in [0.1, 0.15) is 28.4 Å². The van der Waals surface area contributed by atoms with Gasteiger partial charge in [0.15, 0.2) is 5.89 Å². The Balaban J connectivity index is 1.45. The van der Waals surface area contributed by atoms with Gasteiger partial charge in [0.05, 0.1) is 36.1 Å². The maximum atomic E-state index is 13.6. The predicted molar refractivity (Wildman–Crippen MR) is 209 cm³/mol. The second-order valence-corrected chi connectivity index (χ2v) is 12.8. The van der Waals surface area contributed by atoms with Crippen molar-refractivity contribution < 1.29 is 38.2 Å². The number of benzene rings is 2. The molecule has 0 bridgehead atoms. The molecule has 0 radical (unpaired) electrons. The summed E-state index contributed by atoms with van der Waals surface area (Å²) in [5.74, 6) is -0.263. The lowest BCUT2D eigenvalue weighted by molar-refractivity contribution is -0.107. The van der Waals surface area contributed by atoms with Crippen LogP contribution in [0.25, 0.3) is 22.1 Å². The summed E-state index contributed by atoms with van der Waals surface area (Å²) in [5.41, 5.74) is 14.3. The van der Waals surface area contributed by atoms with Crippen LogP contribution in [-0.4, -0.2) is 83.4 Å². The minimum Gasteiger partial charge on any atom is -0.494 e. The lowest BCUT2D eigenvalue weighted by Gasteiger charge is -2.19. The number of nitrogens with zero attached hydrogens (tertiary/aromatic N) is 8. The van der Waals surface area contributed by atoms with E-state index in [1.54, 1.807) is 32.9 Å². The van der Waals surface area contributed by atoms with Crippen molar-refractivity contribution in [1.82, 2.24) is 33.9 Å². The molecule has 298 valence electrons. The number of aryl methyl sites for hydroxylation is 4. The molecule has 4 amide bonds. The van der Waals surface area contributed by atoms with Gasteiger partial charge in [0.2, 0.25) is 35.9 Å². The lowest BCUT2D eigenvalue weighted by Crippen LogP contribution is -2.22. The summed E-state index contributed by atoms with van der Waals surface area (Å²) in [5, 5.41) is 16.7. The van der Waals surface area contributed by atoms with Crippen molar-refractivity contribution in [2.75, 3.05) is 30.5 Å². The number of anilines is 3. The first kappa shape index (κ1) is 39.7. The van der Waals surface area contributed by atoms with Crippen LogP contribution in [0.1, 0.15) is 68.8 Å². The molecule has 0 fully saturated rings. The summed E-state index contributed by atoms with van der Waals surface area (Å²) in [4.78, 5) is 66.1. The summed E-state index contributed by atoms with van der Waals surface area (Å²) >= 11 is 0. The Morgan fingerprint density at radius 1 is 0.930 bits per heavy atom. The van der Waals surface area contributed by atoms with Crippen molar-refractivity contribution in [1.29, 1.82) is 0 Å². The van der Waals surface area contributed by atoms with Gasteiger partial charge in [-0.2, -0.15) is 5.10 Å². The highest BCUT2D eigenvalue weighted by Gasteiger charge is 2.26. The zero-order valence-corrected chi connectivity index (χ0v) is 32.1. The Labute approximate surface area is 325 Å². The van der Waals surface area contributed by atoms with E-state index in [0.29, 0.717) is 76.7 Å². The number of methoxy groups -OCH3 is 1. The quantitative estimate of drug-likeness (QED) is 0.0555. The molecule has 57 heavy (non-hydrogen) atoms. The molecule has 0 spiro atoms. The summed E-state index contributed by atoms with van der Waals surface area (Å²) in [7, 11) is 1.45. The molecule has 2 aromatic carbocycles. The number of nitrogens with one attached hydrogen (secondary N) is 1. The predicted octanol–water partition coefficient (Wildman–Crippen LogP) is 3.54. The number of aliphatic hydroxyl groups excluding tert-OH is 1. The van der Waals surface area contributed by atoms with E-state index < -0.39 is 17.7 Å². The number of nitrogens with two attached hydrogens (primary N) is 2. The van der Waals surface area contributed by atoms with Crippen molar-refractivity contribution in [3.63, 3.8) is 0 Å². The van der Waals surface area contributed by atoms with Gasteiger partial charge in [-0.1, -0.05) is 19.1 Å². The molecule has 0 saturated heterocycles. The Bertz CT molecular complexity index is 2530. The van der Waals surface area contributed by atoms with Gasteiger partial charge in [0, 0.05) is 56.8 Å². The number of oxazole rings is 1. The van der Waals surface area contributed by atoms with Gasteiger partial charge in [0.25, 0.3) is 5.91 Å². The van der Waals surface area contributed by atoms with Crippen LogP contribution in [-0.2, 0) is 30.8 Å². The largest absolute Gasteiger partial charge is 0.494 e. The van der Waals surface area contributed by atoms with Gasteiger partial charge in [-0.15, -0.1) is 0 Å². The Kier molecular flexibility index (Phi) is 11.7. The molecule has 19 heteroatoms. The van der Waals surface area contributed by atoms with Crippen molar-refractivity contribution >= 4 is 63.9 Å². The molecule has 0 atom stereocenters. The van der Waals surface area contributed by atoms with Gasteiger partial charge < -0.3 is 39.6 Å². The molecule has 19 nitrogen and oxygen atoms in total. The third kappa shape index (κ3) is 7.90. The molecule has 6 aromatic rings. The highest BCUT2D eigenvalue weighted by molar-refractivity contribution is 6.04. The number of ether oxygens (including phenoxy) is 2. The van der Waals surface area contributed by atoms with Crippen LogP contribution in [0, 0.1) is 13.8 Å². The van der Waals surface area contributed by atoms with Crippen LogP contribution in [0.15, 0.2) is 46.9 Å². The maximum Gasteiger partial charge on any atom is 0.295 e. The Morgan fingerprint density at radius 3 is 2.19 bits per heavy atom. The summed E-state index contributed by atoms with van der Waals surface area (Å²) in [6, 6.07) is 7.78. The van der Waals surface area contributed by atoms with Gasteiger partial charge >= 0.3 is 0 Å². The van der Waals surface area contributed by atoms with E-state index >= 15 is 0 Å². The van der Waals surface area contributed by atoms with Crippen LogP contribution < -0.4 is 31.2 Å². The molecular weight excluding hydrogens is 738 g/mol. The van der Waals surface area contributed by atoms with Crippen molar-refractivity contribution in [2.24, 2.45) is 11.5 Å². The standard InChI is InChI=1S/C38H43N11O8/c1-6-25-33(57-22(4)41-25)36(54)44-37-42-26-16-24(35(40)53)19-29(56-14-10-13-50)32(26)46(37)11-8-9-12-47-31-27(17-23(34(39)52)18-28(31)55-5)43-38(47)48(20-51)30-15-21(3)45-49(30)7-2/h8-9,15-20,50H,6-7,10-14H2,1-5H3,(H2,39,52)(H2,40,53)(H,42,44,54). The van der Waals surface area contributed by atoms with Crippen molar-refractivity contribution in [2.45, 2.75) is 60.2 Å². The number of primary amides is 2. The average Bonchev–Trinajstić information content (AvgIpc) is 3.95. The van der Waals surface area contributed by atoms with E-state index in [1.165, 1.54) is 36.3 Å². The van der Waals surface area contributed by atoms with E-state index in [-0.39, 0.29) is 60.8 Å². The summed E-state index contributed by atoms with van der Waals surface area (Å²) in [6.07, 6.45) is 5.01. The molecule has 0 aliphatic carbocycles. The fourth-order valence-corrected chi connectivity index (χ4v) is 6.44. The van der Waals surface area contributed by atoms with E-state index in [2.05, 4.69) is 20.4 Å². The van der Waals surface area contributed by atoms with E-state index in [4.69, 9.17) is 30.3 Å². The summed E-state index contributed by atoms with van der Waals surface area (Å²) < 4.78 is 22.5. The van der Waals surface area contributed by atoms with E-state index in [1.807, 2.05) is 26.8 Å². The third-order valence-electron chi connectivity index (χ3n) is 9.00. The first-order valence-corrected chi connectivity index (χ1v) is 18.1. The molecule has 4 heterocycles. The Hall–Kier alpha value is -7.02. The SMILES string of the molecule is CCc1nc(C)oc1C(=O)Nc1nc2cc(C(N)=O)cc(OCCCO)c2n1CC=CCn1c(N(C=O)c2cc(C)nn2CC)nc2cc(C(N)=O)cc(OC)c21. The number of carbonyl (C=O) groups excluding carboxylic acids is 4. The number of fused-ring (bicyclic) bond motifs is 2. The number of allylic oxidation sites excluding steroid dienone is 2. The normalized spacial score (nSPS) is 11.5. The van der Waals surface area contributed by atoms with E-state index in [0.717, 1.165) is 0 Å². The number of amides is 4. The van der Waals surface area contributed by atoms with Crippen LogP contribution in [0.5, 0.6) is 11.5 Å². The van der Waals surface area contributed by atoms with Gasteiger partial charge in [-0.3, -0.25) is 24.5 Å². The molecule has 6 rings (SSSR count). The average molecular weight is 782 g/mol. The molecule has 0 unspecified atom stereocenters. The van der Waals surface area contributed by atoms with Crippen LogP contribution in [0.4, 0.5) is 17.7 Å². The van der Waals surface area contributed by atoms with E-state index in [9.17, 15) is 24.3 Å². The minimum absolute atomic E-state index is 0.0358. The summed E-state index contributed by atoms with van der Waals surface area (Å²) in [6.45, 7) is 7.93. The monoisotopic (exact) mass is 781 g/mol. The molecule has 6 N–H and O–H groups in total. The van der Waals surface area contributed by atoms with Crippen LogP contribution in [0.3, 0.4) is 0 Å². The Morgan fingerprint density at radius 2 is 1.58 bits per heavy atom. The second kappa shape index (κ2) is 16.8. The number of aliphatic hydroxyl groups is 1. The third-order valence-corrected chi connectivity index (χ3v) is 9.00. The second-order valence-electron chi connectivity index (χ2n) is 12.8. The first-order chi connectivity index (χ1) is 27.4. The van der Waals surface area contributed by atoms with Gasteiger partial charge in [-0.05, 0) is 44.5 Å². The lowest BCUT2D eigenvalue weighted by atomic mass is 10.1. The molecule has 0 aliphatic rings. The van der Waals surface area contributed by atoms with Crippen molar-refractivity contribution in [3.05, 3.63) is 76.6 Å². The van der Waals surface area contributed by atoms with Crippen molar-refractivity contribution in [3.8, 4) is 11.5 Å². The molecule has 0 aliphatic heterocycles. The zero-order valence-electron chi connectivity index (χ0n) is 32.1. The number of carbonyl (C=O) groups is 4. The molecule has 4 aromatic heterocycles.